The summed E-state index contributed by atoms with van der Waals surface area (Å²) >= 11 is 0. The Hall–Kier alpha value is -3.39. The number of hydrogen-bond acceptors (Lipinski definition) is 3. The first-order chi connectivity index (χ1) is 11.6. The number of pyridine rings is 1. The predicted molar refractivity (Wildman–Crippen MR) is 91.9 cm³/mol. The summed E-state index contributed by atoms with van der Waals surface area (Å²) in [7, 11) is 1.59. The summed E-state index contributed by atoms with van der Waals surface area (Å²) in [4.78, 5) is 23.8. The second-order valence-corrected chi connectivity index (χ2v) is 5.40. The minimum atomic E-state index is -0.251. The van der Waals surface area contributed by atoms with Crippen molar-refractivity contribution in [2.75, 3.05) is 7.05 Å². The number of nitrogens with zero attached hydrogens (tertiary/aromatic N) is 2. The highest BCUT2D eigenvalue weighted by molar-refractivity contribution is 5.93. The van der Waals surface area contributed by atoms with Crippen LogP contribution >= 0.6 is 0 Å². The number of fused-ring (bicyclic) bond motifs is 1. The molecule has 24 heavy (non-hydrogen) atoms. The van der Waals surface area contributed by atoms with Gasteiger partial charge in [0, 0.05) is 30.7 Å². The number of carbonyl (C=O) groups is 1. The molecule has 0 aliphatic heterocycles. The first-order valence-corrected chi connectivity index (χ1v) is 7.47. The van der Waals surface area contributed by atoms with Gasteiger partial charge in [0.05, 0.1) is 5.52 Å². The highest BCUT2D eigenvalue weighted by atomic mass is 16.1. The molecule has 0 bridgehead atoms. The van der Waals surface area contributed by atoms with Crippen LogP contribution in [0.4, 0.5) is 0 Å². The smallest absolute Gasteiger partial charge is 0.251 e. The maximum atomic E-state index is 12.2. The summed E-state index contributed by atoms with van der Waals surface area (Å²) in [5, 5.41) is 12.3. The molecule has 1 heterocycles. The van der Waals surface area contributed by atoms with Crippen LogP contribution in [0.15, 0.2) is 59.5 Å². The third kappa shape index (κ3) is 2.77. The molecule has 0 aliphatic carbocycles. The van der Waals surface area contributed by atoms with Gasteiger partial charge in [-0.1, -0.05) is 24.3 Å². The number of carbonyl (C=O) groups excluding carboxylic acids is 1. The van der Waals surface area contributed by atoms with Crippen molar-refractivity contribution in [1.82, 2.24) is 9.88 Å². The molecule has 0 atom stereocenters. The van der Waals surface area contributed by atoms with Crippen molar-refractivity contribution < 1.29 is 4.79 Å². The predicted octanol–water partition coefficient (Wildman–Crippen LogP) is 2.28. The number of amides is 1. The number of rotatable bonds is 3. The van der Waals surface area contributed by atoms with E-state index in [1.807, 2.05) is 34.9 Å². The molecule has 5 nitrogen and oxygen atoms in total. The highest BCUT2D eigenvalue weighted by Crippen LogP contribution is 2.14. The molecule has 0 saturated heterocycles. The highest BCUT2D eigenvalue weighted by Gasteiger charge is 2.09. The van der Waals surface area contributed by atoms with Gasteiger partial charge < -0.3 is 9.88 Å². The first-order valence-electron chi connectivity index (χ1n) is 7.47. The Kier molecular flexibility index (Phi) is 4.13. The van der Waals surface area contributed by atoms with E-state index in [0.29, 0.717) is 17.5 Å². The maximum Gasteiger partial charge on any atom is 0.251 e. The number of hydrogen-bond donors (Lipinski definition) is 1. The summed E-state index contributed by atoms with van der Waals surface area (Å²) in [6.45, 7) is 0.503. The van der Waals surface area contributed by atoms with Crippen molar-refractivity contribution in [2.24, 2.45) is 0 Å². The lowest BCUT2D eigenvalue weighted by atomic mass is 10.1. The summed E-state index contributed by atoms with van der Waals surface area (Å²) < 4.78 is 1.88. The van der Waals surface area contributed by atoms with Gasteiger partial charge in [-0.3, -0.25) is 9.59 Å². The molecule has 0 spiro atoms. The van der Waals surface area contributed by atoms with Gasteiger partial charge in [0.1, 0.15) is 11.6 Å². The molecule has 1 aromatic heterocycles. The standard InChI is InChI=1S/C19H15N3O2/c1-21-19(24)14-8-6-13(7-9-14)11-22-12-15(10-20)18(23)16-4-2-3-5-17(16)22/h2-9,12H,11H2,1H3,(H,21,24). The molecule has 0 unspecified atom stereocenters. The van der Waals surface area contributed by atoms with Crippen LogP contribution in [0.5, 0.6) is 0 Å². The summed E-state index contributed by atoms with van der Waals surface area (Å²) in [6, 6.07) is 16.4. The van der Waals surface area contributed by atoms with Gasteiger partial charge in [-0.2, -0.15) is 5.26 Å². The van der Waals surface area contributed by atoms with Crippen LogP contribution in [0, 0.1) is 11.3 Å². The lowest BCUT2D eigenvalue weighted by Crippen LogP contribution is -2.17. The average Bonchev–Trinajstić information content (AvgIpc) is 2.64. The van der Waals surface area contributed by atoms with E-state index in [-0.39, 0.29) is 16.9 Å². The van der Waals surface area contributed by atoms with E-state index in [1.54, 1.807) is 37.5 Å². The number of nitrogens with one attached hydrogen (secondary N) is 1. The second kappa shape index (κ2) is 6.39. The van der Waals surface area contributed by atoms with Crippen LogP contribution in [0.25, 0.3) is 10.9 Å². The summed E-state index contributed by atoms with van der Waals surface area (Å²) in [5.74, 6) is -0.137. The van der Waals surface area contributed by atoms with Gasteiger partial charge in [-0.15, -0.1) is 0 Å². The van der Waals surface area contributed by atoms with Crippen molar-refractivity contribution in [1.29, 1.82) is 5.26 Å². The molecule has 0 radical (unpaired) electrons. The van der Waals surface area contributed by atoms with Crippen LogP contribution in [0.3, 0.4) is 0 Å². The molecule has 1 N–H and O–H groups in total. The van der Waals surface area contributed by atoms with Gasteiger partial charge >= 0.3 is 0 Å². The topological polar surface area (TPSA) is 74.9 Å². The third-order valence-corrected chi connectivity index (χ3v) is 3.90. The number of nitriles is 1. The Labute approximate surface area is 138 Å². The molecule has 5 heteroatoms. The Morgan fingerprint density at radius 1 is 1.17 bits per heavy atom. The normalized spacial score (nSPS) is 10.3. The number of aromatic nitrogens is 1. The van der Waals surface area contributed by atoms with Gasteiger partial charge in [0.2, 0.25) is 5.43 Å². The molecule has 0 saturated carbocycles. The fraction of sp³-hybridized carbons (Fsp3) is 0.105. The molecule has 1 amide bonds. The van der Waals surface area contributed by atoms with E-state index in [4.69, 9.17) is 0 Å². The minimum Gasteiger partial charge on any atom is -0.355 e. The fourth-order valence-corrected chi connectivity index (χ4v) is 2.66. The SMILES string of the molecule is CNC(=O)c1ccc(Cn2cc(C#N)c(=O)c3ccccc32)cc1. The molecule has 118 valence electrons. The number of para-hydroxylation sites is 1. The lowest BCUT2D eigenvalue weighted by molar-refractivity contribution is 0.0963. The molecule has 0 fully saturated rings. The molecule has 3 aromatic rings. The zero-order valence-corrected chi connectivity index (χ0v) is 13.1. The zero-order chi connectivity index (χ0) is 17.1. The average molecular weight is 317 g/mol. The zero-order valence-electron chi connectivity index (χ0n) is 13.1. The van der Waals surface area contributed by atoms with Crippen molar-refractivity contribution >= 4 is 16.8 Å². The Morgan fingerprint density at radius 2 is 1.88 bits per heavy atom. The van der Waals surface area contributed by atoms with Crippen molar-refractivity contribution in [2.45, 2.75) is 6.54 Å². The van der Waals surface area contributed by atoms with E-state index in [0.717, 1.165) is 11.1 Å². The molecule has 3 rings (SSSR count). The van der Waals surface area contributed by atoms with Crippen LogP contribution in [-0.2, 0) is 6.54 Å². The van der Waals surface area contributed by atoms with E-state index >= 15 is 0 Å². The van der Waals surface area contributed by atoms with Gasteiger partial charge in [-0.05, 0) is 29.8 Å². The van der Waals surface area contributed by atoms with Crippen LogP contribution in [-0.4, -0.2) is 17.5 Å². The Morgan fingerprint density at radius 3 is 2.54 bits per heavy atom. The number of benzene rings is 2. The third-order valence-electron chi connectivity index (χ3n) is 3.90. The Bertz CT molecular complexity index is 1010. The summed E-state index contributed by atoms with van der Waals surface area (Å²) in [6.07, 6.45) is 1.58. The van der Waals surface area contributed by atoms with Crippen LogP contribution < -0.4 is 10.7 Å². The summed E-state index contributed by atoms with van der Waals surface area (Å²) in [5.41, 5.74) is 2.20. The van der Waals surface area contributed by atoms with Crippen molar-refractivity contribution in [3.63, 3.8) is 0 Å². The Balaban J connectivity index is 2.04. The van der Waals surface area contributed by atoms with Crippen LogP contribution in [0.1, 0.15) is 21.5 Å². The van der Waals surface area contributed by atoms with Gasteiger partial charge in [0.25, 0.3) is 5.91 Å². The maximum absolute atomic E-state index is 12.2. The monoisotopic (exact) mass is 317 g/mol. The van der Waals surface area contributed by atoms with E-state index in [2.05, 4.69) is 5.32 Å². The molecule has 2 aromatic carbocycles. The van der Waals surface area contributed by atoms with Crippen molar-refractivity contribution in [3.8, 4) is 6.07 Å². The molecular weight excluding hydrogens is 302 g/mol. The van der Waals surface area contributed by atoms with E-state index in [1.165, 1.54) is 0 Å². The van der Waals surface area contributed by atoms with E-state index < -0.39 is 0 Å². The molecular formula is C19H15N3O2. The lowest BCUT2D eigenvalue weighted by Gasteiger charge is -2.12. The van der Waals surface area contributed by atoms with Crippen molar-refractivity contribution in [3.05, 3.63) is 81.6 Å². The van der Waals surface area contributed by atoms with Gasteiger partial charge in [-0.25, -0.2) is 0 Å². The largest absolute Gasteiger partial charge is 0.355 e. The second-order valence-electron chi connectivity index (χ2n) is 5.40. The van der Waals surface area contributed by atoms with Crippen LogP contribution in [0.2, 0.25) is 0 Å². The molecule has 0 aliphatic rings. The van der Waals surface area contributed by atoms with Gasteiger partial charge in [0.15, 0.2) is 0 Å². The minimum absolute atomic E-state index is 0.121. The fourth-order valence-electron chi connectivity index (χ4n) is 2.66. The first kappa shape index (κ1) is 15.5. The quantitative estimate of drug-likeness (QED) is 0.805. The van der Waals surface area contributed by atoms with E-state index in [9.17, 15) is 14.9 Å².